The van der Waals surface area contributed by atoms with Gasteiger partial charge in [0.05, 0.1) is 11.8 Å². The molecule has 1 aliphatic heterocycles. The Kier molecular flexibility index (Phi) is 3.81. The van der Waals surface area contributed by atoms with Gasteiger partial charge in [-0.1, -0.05) is 18.3 Å². The first-order chi connectivity index (χ1) is 8.91. The molecule has 1 aromatic heterocycles. The monoisotopic (exact) mass is 285 g/mol. The van der Waals surface area contributed by atoms with Gasteiger partial charge in [0, 0.05) is 13.0 Å². The number of hydrogen-bond acceptors (Lipinski definition) is 6. The van der Waals surface area contributed by atoms with Crippen LogP contribution >= 0.6 is 11.5 Å². The second-order valence-electron chi connectivity index (χ2n) is 4.84. The molecule has 0 bridgehead atoms. The summed E-state index contributed by atoms with van der Waals surface area (Å²) in [5, 5.41) is 22.6. The molecule has 0 spiro atoms. The summed E-state index contributed by atoms with van der Waals surface area (Å²) in [6.07, 6.45) is -0.738. The Morgan fingerprint density at radius 2 is 2.16 bits per heavy atom. The van der Waals surface area contributed by atoms with Crippen molar-refractivity contribution in [2.75, 3.05) is 6.54 Å². The van der Waals surface area contributed by atoms with Crippen molar-refractivity contribution in [2.45, 2.75) is 38.3 Å². The Balaban J connectivity index is 2.28. The SMILES string of the molecule is CC(C)c1nnsc1C(=O)N1CC(O)CC1C(=O)O. The van der Waals surface area contributed by atoms with Crippen LogP contribution in [0.1, 0.15) is 41.6 Å². The third-order valence-corrected chi connectivity index (χ3v) is 3.81. The van der Waals surface area contributed by atoms with Crippen molar-refractivity contribution in [3.8, 4) is 0 Å². The number of hydrogen-bond donors (Lipinski definition) is 2. The van der Waals surface area contributed by atoms with Crippen LogP contribution in [0.15, 0.2) is 0 Å². The van der Waals surface area contributed by atoms with Crippen molar-refractivity contribution in [1.29, 1.82) is 0 Å². The summed E-state index contributed by atoms with van der Waals surface area (Å²) in [5.74, 6) is -1.48. The average Bonchev–Trinajstić information content (AvgIpc) is 2.93. The van der Waals surface area contributed by atoms with Crippen molar-refractivity contribution in [2.24, 2.45) is 0 Å². The van der Waals surface area contributed by atoms with Crippen LogP contribution in [0, 0.1) is 0 Å². The van der Waals surface area contributed by atoms with Gasteiger partial charge in [-0.15, -0.1) is 5.10 Å². The lowest BCUT2D eigenvalue weighted by atomic mass is 10.1. The number of aliphatic hydroxyl groups is 1. The molecular weight excluding hydrogens is 270 g/mol. The zero-order valence-electron chi connectivity index (χ0n) is 10.6. The minimum absolute atomic E-state index is 0.0330. The molecule has 2 atom stereocenters. The van der Waals surface area contributed by atoms with E-state index in [0.717, 1.165) is 11.5 Å². The maximum atomic E-state index is 12.4. The third kappa shape index (κ3) is 2.59. The minimum Gasteiger partial charge on any atom is -0.480 e. The molecule has 104 valence electrons. The molecule has 2 rings (SSSR count). The number of carboxylic acids is 1. The van der Waals surface area contributed by atoms with E-state index in [-0.39, 0.29) is 18.9 Å². The molecule has 2 heterocycles. The Hall–Kier alpha value is -1.54. The van der Waals surface area contributed by atoms with Crippen molar-refractivity contribution in [1.82, 2.24) is 14.5 Å². The second-order valence-corrected chi connectivity index (χ2v) is 5.60. The molecule has 0 saturated carbocycles. The Morgan fingerprint density at radius 3 is 2.74 bits per heavy atom. The Labute approximate surface area is 114 Å². The summed E-state index contributed by atoms with van der Waals surface area (Å²) in [7, 11) is 0. The van der Waals surface area contributed by atoms with Crippen molar-refractivity contribution < 1.29 is 19.8 Å². The highest BCUT2D eigenvalue weighted by molar-refractivity contribution is 7.08. The predicted octanol–water partition coefficient (Wildman–Crippen LogP) is 0.322. The van der Waals surface area contributed by atoms with E-state index >= 15 is 0 Å². The molecule has 7 nitrogen and oxygen atoms in total. The molecule has 0 radical (unpaired) electrons. The fraction of sp³-hybridized carbons (Fsp3) is 0.636. The molecule has 2 N–H and O–H groups in total. The predicted molar refractivity (Wildman–Crippen MR) is 67.1 cm³/mol. The molecule has 2 unspecified atom stereocenters. The van der Waals surface area contributed by atoms with Crippen LogP contribution in [0.3, 0.4) is 0 Å². The van der Waals surface area contributed by atoms with Crippen LogP contribution in [0.5, 0.6) is 0 Å². The molecule has 8 heteroatoms. The molecule has 1 saturated heterocycles. The highest BCUT2D eigenvalue weighted by Crippen LogP contribution is 2.26. The third-order valence-electron chi connectivity index (χ3n) is 3.08. The summed E-state index contributed by atoms with van der Waals surface area (Å²) in [6, 6.07) is -0.982. The van der Waals surface area contributed by atoms with E-state index in [0.29, 0.717) is 10.6 Å². The normalized spacial score (nSPS) is 23.1. The summed E-state index contributed by atoms with van der Waals surface area (Å²) in [4.78, 5) is 25.0. The lowest BCUT2D eigenvalue weighted by molar-refractivity contribution is -0.141. The van der Waals surface area contributed by atoms with Crippen LogP contribution < -0.4 is 0 Å². The lowest BCUT2D eigenvalue weighted by Gasteiger charge is -2.20. The van der Waals surface area contributed by atoms with E-state index in [4.69, 9.17) is 5.11 Å². The van der Waals surface area contributed by atoms with Crippen LogP contribution in [0.2, 0.25) is 0 Å². The van der Waals surface area contributed by atoms with Crippen molar-refractivity contribution in [3.63, 3.8) is 0 Å². The van der Waals surface area contributed by atoms with Gasteiger partial charge < -0.3 is 15.1 Å². The summed E-state index contributed by atoms with van der Waals surface area (Å²) >= 11 is 0.961. The van der Waals surface area contributed by atoms with Crippen molar-refractivity contribution >= 4 is 23.4 Å². The molecule has 19 heavy (non-hydrogen) atoms. The van der Waals surface area contributed by atoms with Gasteiger partial charge in [0.25, 0.3) is 5.91 Å². The smallest absolute Gasteiger partial charge is 0.326 e. The second kappa shape index (κ2) is 5.22. The summed E-state index contributed by atoms with van der Waals surface area (Å²) in [5.41, 5.74) is 0.570. The maximum absolute atomic E-state index is 12.4. The molecule has 0 aliphatic carbocycles. The lowest BCUT2D eigenvalue weighted by Crippen LogP contribution is -2.40. The number of carboxylic acid groups (broad SMARTS) is 1. The van der Waals surface area contributed by atoms with Gasteiger partial charge in [-0.25, -0.2) is 4.79 Å². The minimum atomic E-state index is -1.10. The zero-order valence-corrected chi connectivity index (χ0v) is 11.4. The summed E-state index contributed by atoms with van der Waals surface area (Å²) in [6.45, 7) is 3.81. The number of rotatable bonds is 3. The summed E-state index contributed by atoms with van der Waals surface area (Å²) < 4.78 is 3.76. The molecule has 1 fully saturated rings. The van der Waals surface area contributed by atoms with Gasteiger partial charge >= 0.3 is 5.97 Å². The Bertz CT molecular complexity index is 502. The zero-order chi connectivity index (χ0) is 14.2. The number of carbonyl (C=O) groups excluding carboxylic acids is 1. The van der Waals surface area contributed by atoms with Crippen molar-refractivity contribution in [3.05, 3.63) is 10.6 Å². The van der Waals surface area contributed by atoms with E-state index in [2.05, 4.69) is 9.59 Å². The first-order valence-corrected chi connectivity index (χ1v) is 6.73. The van der Waals surface area contributed by atoms with Gasteiger partial charge in [-0.3, -0.25) is 4.79 Å². The topological polar surface area (TPSA) is 104 Å². The number of carbonyl (C=O) groups is 2. The van der Waals surface area contributed by atoms with E-state index in [1.807, 2.05) is 13.8 Å². The number of β-amino-alcohol motifs (C(OH)–C–C–N with tert-alkyl or cyclic N) is 1. The molecule has 1 amide bonds. The van der Waals surface area contributed by atoms with E-state index in [1.165, 1.54) is 4.90 Å². The van der Waals surface area contributed by atoms with Crippen LogP contribution in [-0.2, 0) is 4.79 Å². The first-order valence-electron chi connectivity index (χ1n) is 5.96. The number of amides is 1. The van der Waals surface area contributed by atoms with Gasteiger partial charge in [-0.2, -0.15) is 0 Å². The van der Waals surface area contributed by atoms with Crippen LogP contribution in [0.25, 0.3) is 0 Å². The van der Waals surface area contributed by atoms with E-state index in [1.54, 1.807) is 0 Å². The largest absolute Gasteiger partial charge is 0.480 e. The van der Waals surface area contributed by atoms with Gasteiger partial charge in [0.2, 0.25) is 0 Å². The van der Waals surface area contributed by atoms with Crippen LogP contribution in [-0.4, -0.2) is 55.3 Å². The number of aliphatic hydroxyl groups excluding tert-OH is 1. The fourth-order valence-electron chi connectivity index (χ4n) is 2.13. The number of nitrogens with zero attached hydrogens (tertiary/aromatic N) is 3. The number of likely N-dealkylation sites (tertiary alicyclic amines) is 1. The number of aromatic nitrogens is 2. The van der Waals surface area contributed by atoms with Gasteiger partial charge in [-0.05, 0) is 17.5 Å². The average molecular weight is 285 g/mol. The number of aliphatic carboxylic acids is 1. The van der Waals surface area contributed by atoms with Crippen LogP contribution in [0.4, 0.5) is 0 Å². The standard InChI is InChI=1S/C11H15N3O4S/c1-5(2)8-9(19-13-12-8)10(16)14-4-6(15)3-7(14)11(17)18/h5-7,15H,3-4H2,1-2H3,(H,17,18). The Morgan fingerprint density at radius 1 is 1.47 bits per heavy atom. The maximum Gasteiger partial charge on any atom is 0.326 e. The van der Waals surface area contributed by atoms with Gasteiger partial charge in [0.1, 0.15) is 10.9 Å². The van der Waals surface area contributed by atoms with Gasteiger partial charge in [0.15, 0.2) is 0 Å². The molecule has 0 aromatic carbocycles. The molecular formula is C11H15N3O4S. The quantitative estimate of drug-likeness (QED) is 0.829. The first kappa shape index (κ1) is 13.9. The molecule has 1 aliphatic rings. The fourth-order valence-corrected chi connectivity index (χ4v) is 2.90. The van der Waals surface area contributed by atoms with E-state index < -0.39 is 24.0 Å². The van der Waals surface area contributed by atoms with E-state index in [9.17, 15) is 14.7 Å². The highest BCUT2D eigenvalue weighted by atomic mass is 32.1. The molecule has 1 aromatic rings. The highest BCUT2D eigenvalue weighted by Gasteiger charge is 2.40.